The van der Waals surface area contributed by atoms with E-state index >= 15 is 0 Å². The van der Waals surface area contributed by atoms with Crippen molar-refractivity contribution >= 4 is 15.7 Å². The molecule has 0 bridgehead atoms. The van der Waals surface area contributed by atoms with Crippen LogP contribution >= 0.6 is 0 Å². The summed E-state index contributed by atoms with van der Waals surface area (Å²) in [6, 6.07) is 7.47. The lowest BCUT2D eigenvalue weighted by molar-refractivity contribution is 0.406. The number of ether oxygens (including phenoxy) is 1. The van der Waals surface area contributed by atoms with E-state index in [1.54, 1.807) is 26.2 Å². The minimum Gasteiger partial charge on any atom is -0.496 e. The Morgan fingerprint density at radius 3 is 1.96 bits per heavy atom. The predicted octanol–water partition coefficient (Wildman–Crippen LogP) is 4.85. The van der Waals surface area contributed by atoms with Gasteiger partial charge in [0.2, 0.25) is 0 Å². The number of hydrogen-bond acceptors (Lipinski definition) is 3. The predicted molar refractivity (Wildman–Crippen MR) is 103 cm³/mol. The third-order valence-corrected chi connectivity index (χ3v) is 5.84. The van der Waals surface area contributed by atoms with Gasteiger partial charge in [0.15, 0.2) is 0 Å². The molecule has 4 nitrogen and oxygen atoms in total. The highest BCUT2D eigenvalue weighted by molar-refractivity contribution is 7.92. The van der Waals surface area contributed by atoms with E-state index in [4.69, 9.17) is 4.74 Å². The molecule has 136 valence electrons. The first kappa shape index (κ1) is 19.3. The zero-order valence-electron chi connectivity index (χ0n) is 16.0. The number of hydrogen-bond donors (Lipinski definition) is 1. The second-order valence-electron chi connectivity index (χ2n) is 6.89. The van der Waals surface area contributed by atoms with Crippen molar-refractivity contribution < 1.29 is 13.2 Å². The minimum atomic E-state index is -3.69. The molecule has 0 amide bonds. The van der Waals surface area contributed by atoms with Crippen LogP contribution in [0.4, 0.5) is 5.69 Å². The van der Waals surface area contributed by atoms with Crippen LogP contribution < -0.4 is 9.46 Å². The van der Waals surface area contributed by atoms with E-state index in [0.717, 1.165) is 22.3 Å². The van der Waals surface area contributed by atoms with E-state index in [2.05, 4.69) is 4.72 Å². The Bertz CT molecular complexity index is 876. The van der Waals surface area contributed by atoms with Gasteiger partial charge in [0.25, 0.3) is 10.0 Å². The molecule has 5 heteroatoms. The van der Waals surface area contributed by atoms with Gasteiger partial charge in [-0.2, -0.15) is 0 Å². The van der Waals surface area contributed by atoms with Crippen LogP contribution in [0.1, 0.15) is 47.6 Å². The lowest BCUT2D eigenvalue weighted by atomic mass is 10.0. The van der Waals surface area contributed by atoms with Gasteiger partial charge in [-0.3, -0.25) is 4.72 Å². The number of rotatable bonds is 5. The van der Waals surface area contributed by atoms with Crippen LogP contribution in [0.2, 0.25) is 0 Å². The molecule has 0 atom stereocenters. The smallest absolute Gasteiger partial charge is 0.262 e. The summed E-state index contributed by atoms with van der Waals surface area (Å²) in [6.07, 6.45) is 0. The van der Waals surface area contributed by atoms with E-state index in [1.807, 2.05) is 46.8 Å². The SMILES string of the molecule is COc1cc(C)c(S(=O)(=O)Nc2c(C)cc(C)cc2C)cc1C(C)C. The largest absolute Gasteiger partial charge is 0.496 e. The molecule has 25 heavy (non-hydrogen) atoms. The zero-order chi connectivity index (χ0) is 18.9. The number of nitrogens with one attached hydrogen (secondary N) is 1. The summed E-state index contributed by atoms with van der Waals surface area (Å²) >= 11 is 0. The van der Waals surface area contributed by atoms with Crippen molar-refractivity contribution in [3.8, 4) is 5.75 Å². The Hall–Kier alpha value is -2.01. The molecule has 0 aliphatic carbocycles. The normalized spacial score (nSPS) is 11.7. The Balaban J connectivity index is 2.56. The van der Waals surface area contributed by atoms with Crippen LogP contribution in [-0.2, 0) is 10.0 Å². The Morgan fingerprint density at radius 2 is 1.48 bits per heavy atom. The summed E-state index contributed by atoms with van der Waals surface area (Å²) in [6.45, 7) is 11.7. The molecule has 0 saturated carbocycles. The lowest BCUT2D eigenvalue weighted by Crippen LogP contribution is -2.16. The van der Waals surface area contributed by atoms with E-state index in [-0.39, 0.29) is 10.8 Å². The summed E-state index contributed by atoms with van der Waals surface area (Å²) in [5.74, 6) is 0.876. The van der Waals surface area contributed by atoms with Crippen molar-refractivity contribution in [2.24, 2.45) is 0 Å². The Morgan fingerprint density at radius 1 is 0.920 bits per heavy atom. The van der Waals surface area contributed by atoms with Gasteiger partial charge >= 0.3 is 0 Å². The van der Waals surface area contributed by atoms with Gasteiger partial charge in [-0.15, -0.1) is 0 Å². The van der Waals surface area contributed by atoms with Crippen LogP contribution in [0.5, 0.6) is 5.75 Å². The van der Waals surface area contributed by atoms with Crippen molar-refractivity contribution in [2.45, 2.75) is 52.4 Å². The van der Waals surface area contributed by atoms with Crippen molar-refractivity contribution in [2.75, 3.05) is 11.8 Å². The second kappa shape index (κ2) is 7.08. The zero-order valence-corrected chi connectivity index (χ0v) is 16.8. The summed E-state index contributed by atoms with van der Waals surface area (Å²) in [7, 11) is -2.09. The molecule has 0 aliphatic heterocycles. The molecule has 0 aliphatic rings. The lowest BCUT2D eigenvalue weighted by Gasteiger charge is -2.18. The van der Waals surface area contributed by atoms with Crippen molar-refractivity contribution in [3.05, 3.63) is 52.1 Å². The van der Waals surface area contributed by atoms with Gasteiger partial charge in [-0.1, -0.05) is 31.5 Å². The van der Waals surface area contributed by atoms with Gasteiger partial charge in [0.05, 0.1) is 17.7 Å². The van der Waals surface area contributed by atoms with Gasteiger partial charge in [-0.25, -0.2) is 8.42 Å². The fraction of sp³-hybridized carbons (Fsp3) is 0.400. The average molecular weight is 362 g/mol. The number of aryl methyl sites for hydroxylation is 4. The molecule has 0 unspecified atom stereocenters. The molecular weight excluding hydrogens is 334 g/mol. The molecule has 2 rings (SSSR count). The summed E-state index contributed by atoms with van der Waals surface area (Å²) in [5.41, 5.74) is 5.13. The minimum absolute atomic E-state index is 0.160. The highest BCUT2D eigenvalue weighted by atomic mass is 32.2. The first-order valence-electron chi connectivity index (χ1n) is 8.36. The van der Waals surface area contributed by atoms with Crippen LogP contribution in [0, 0.1) is 27.7 Å². The molecule has 0 heterocycles. The standard InChI is InChI=1S/C20H27NO3S/c1-12(2)17-11-19(14(4)10-18(17)24-7)25(22,23)21-20-15(5)8-13(3)9-16(20)6/h8-12,21H,1-7H3. The maximum atomic E-state index is 13.0. The number of sulfonamides is 1. The molecule has 0 saturated heterocycles. The Kier molecular flexibility index (Phi) is 5.47. The van der Waals surface area contributed by atoms with E-state index < -0.39 is 10.0 Å². The quantitative estimate of drug-likeness (QED) is 0.828. The summed E-state index contributed by atoms with van der Waals surface area (Å²) in [4.78, 5) is 0.288. The van der Waals surface area contributed by atoms with Gasteiger partial charge in [0, 0.05) is 0 Å². The average Bonchev–Trinajstić information content (AvgIpc) is 2.49. The van der Waals surface area contributed by atoms with Gasteiger partial charge in [-0.05, 0) is 68.0 Å². The van der Waals surface area contributed by atoms with E-state index in [9.17, 15) is 8.42 Å². The van der Waals surface area contributed by atoms with Crippen LogP contribution in [0.25, 0.3) is 0 Å². The molecule has 2 aromatic carbocycles. The van der Waals surface area contributed by atoms with E-state index in [0.29, 0.717) is 17.0 Å². The van der Waals surface area contributed by atoms with Crippen molar-refractivity contribution in [1.29, 1.82) is 0 Å². The van der Waals surface area contributed by atoms with Crippen LogP contribution in [0.15, 0.2) is 29.2 Å². The Labute approximate surface area is 151 Å². The number of methoxy groups -OCH3 is 1. The van der Waals surface area contributed by atoms with E-state index in [1.165, 1.54) is 0 Å². The van der Waals surface area contributed by atoms with Crippen molar-refractivity contribution in [3.63, 3.8) is 0 Å². The van der Waals surface area contributed by atoms with Crippen molar-refractivity contribution in [1.82, 2.24) is 0 Å². The fourth-order valence-electron chi connectivity index (χ4n) is 3.13. The second-order valence-corrected chi connectivity index (χ2v) is 8.54. The first-order chi connectivity index (χ1) is 11.6. The topological polar surface area (TPSA) is 55.4 Å². The highest BCUT2D eigenvalue weighted by Crippen LogP contribution is 2.33. The number of anilines is 1. The summed E-state index contributed by atoms with van der Waals surface area (Å²) < 4.78 is 34.3. The van der Waals surface area contributed by atoms with Crippen LogP contribution in [0.3, 0.4) is 0 Å². The fourth-order valence-corrected chi connectivity index (χ4v) is 4.59. The summed E-state index contributed by atoms with van der Waals surface area (Å²) in [5, 5.41) is 0. The number of benzene rings is 2. The molecule has 0 aromatic heterocycles. The molecule has 1 N–H and O–H groups in total. The highest BCUT2D eigenvalue weighted by Gasteiger charge is 2.22. The third kappa shape index (κ3) is 3.98. The first-order valence-corrected chi connectivity index (χ1v) is 9.84. The van der Waals surface area contributed by atoms with Gasteiger partial charge in [0.1, 0.15) is 5.75 Å². The molecule has 2 aromatic rings. The van der Waals surface area contributed by atoms with Crippen LogP contribution in [-0.4, -0.2) is 15.5 Å². The molecule has 0 radical (unpaired) electrons. The maximum Gasteiger partial charge on any atom is 0.262 e. The maximum absolute atomic E-state index is 13.0. The monoisotopic (exact) mass is 361 g/mol. The molecule has 0 spiro atoms. The molecule has 0 fully saturated rings. The third-order valence-electron chi connectivity index (χ3n) is 4.35. The molecular formula is C20H27NO3S. The van der Waals surface area contributed by atoms with Gasteiger partial charge < -0.3 is 4.74 Å².